The second-order valence-corrected chi connectivity index (χ2v) is 5.47. The summed E-state index contributed by atoms with van der Waals surface area (Å²) in [5.74, 6) is 0.594. The van der Waals surface area contributed by atoms with E-state index in [2.05, 4.69) is 9.97 Å². The van der Waals surface area contributed by atoms with Crippen LogP contribution in [0.4, 0.5) is 0 Å². The van der Waals surface area contributed by atoms with Gasteiger partial charge in [0.2, 0.25) is 5.88 Å². The second kappa shape index (κ2) is 5.93. The molecule has 1 aliphatic carbocycles. The van der Waals surface area contributed by atoms with Crippen LogP contribution < -0.4 is 4.74 Å². The van der Waals surface area contributed by atoms with Crippen molar-refractivity contribution in [2.45, 2.75) is 38.3 Å². The van der Waals surface area contributed by atoms with Crippen LogP contribution in [0.3, 0.4) is 0 Å². The van der Waals surface area contributed by atoms with Crippen LogP contribution in [0.1, 0.15) is 25.7 Å². The summed E-state index contributed by atoms with van der Waals surface area (Å²) in [6.07, 6.45) is 5.37. The highest BCUT2D eigenvalue weighted by Gasteiger charge is 2.15. The summed E-state index contributed by atoms with van der Waals surface area (Å²) in [4.78, 5) is 7.61. The van der Waals surface area contributed by atoms with Gasteiger partial charge in [0.25, 0.3) is 0 Å². The fraction of sp³-hybridized carbons (Fsp3) is 0.571. The molecule has 2 aromatic rings. The molecule has 1 fully saturated rings. The summed E-state index contributed by atoms with van der Waals surface area (Å²) >= 11 is 5.35. The normalized spacial score (nSPS) is 16.1. The molecule has 0 aromatic carbocycles. The summed E-state index contributed by atoms with van der Waals surface area (Å²) in [5.41, 5.74) is 1.75. The Labute approximate surface area is 122 Å². The Morgan fingerprint density at radius 2 is 2.20 bits per heavy atom. The maximum Gasteiger partial charge on any atom is 0.215 e. The van der Waals surface area contributed by atoms with Crippen LogP contribution in [-0.2, 0) is 11.3 Å². The molecule has 0 unspecified atom stereocenters. The lowest BCUT2D eigenvalue weighted by Crippen LogP contribution is -2.13. The number of aromatic nitrogens is 3. The molecule has 0 atom stereocenters. The number of pyridine rings is 1. The monoisotopic (exact) mass is 293 g/mol. The van der Waals surface area contributed by atoms with Crippen molar-refractivity contribution in [1.29, 1.82) is 0 Å². The Kier molecular flexibility index (Phi) is 4.03. The molecule has 0 saturated heterocycles. The number of imidazole rings is 1. The third-order valence-corrected chi connectivity index (χ3v) is 4.09. The number of H-pyrrole nitrogens is 1. The Bertz CT molecular complexity index is 643. The molecule has 0 spiro atoms. The van der Waals surface area contributed by atoms with E-state index in [9.17, 15) is 0 Å². The maximum absolute atomic E-state index is 5.90. The lowest BCUT2D eigenvalue weighted by Gasteiger charge is -2.11. The SMILES string of the molecule is COc1ccc2[nH]c(=S)n(CCOC3CCCC3)c2n1. The predicted octanol–water partition coefficient (Wildman–Crippen LogP) is 3.06. The van der Waals surface area contributed by atoms with E-state index in [1.807, 2.05) is 16.7 Å². The quantitative estimate of drug-likeness (QED) is 0.861. The van der Waals surface area contributed by atoms with E-state index in [4.69, 9.17) is 21.7 Å². The van der Waals surface area contributed by atoms with Gasteiger partial charge in [-0.3, -0.25) is 4.57 Å². The van der Waals surface area contributed by atoms with E-state index < -0.39 is 0 Å². The summed E-state index contributed by atoms with van der Waals surface area (Å²) in [6.45, 7) is 1.39. The Balaban J connectivity index is 1.75. The average Bonchev–Trinajstić information content (AvgIpc) is 3.07. The topological polar surface area (TPSA) is 52.1 Å². The van der Waals surface area contributed by atoms with Crippen molar-refractivity contribution >= 4 is 23.4 Å². The predicted molar refractivity (Wildman–Crippen MR) is 79.7 cm³/mol. The van der Waals surface area contributed by atoms with E-state index >= 15 is 0 Å². The Hall–Kier alpha value is -1.40. The van der Waals surface area contributed by atoms with Gasteiger partial charge in [0, 0.05) is 6.07 Å². The number of ether oxygens (including phenoxy) is 2. The molecule has 1 N–H and O–H groups in total. The number of rotatable bonds is 5. The van der Waals surface area contributed by atoms with Gasteiger partial charge in [-0.05, 0) is 31.1 Å². The molecule has 1 aliphatic rings. The highest BCUT2D eigenvalue weighted by atomic mass is 32.1. The molecule has 5 nitrogen and oxygen atoms in total. The molecule has 2 aromatic heterocycles. The molecule has 6 heteroatoms. The van der Waals surface area contributed by atoms with Gasteiger partial charge in [-0.15, -0.1) is 0 Å². The number of methoxy groups -OCH3 is 1. The minimum Gasteiger partial charge on any atom is -0.481 e. The van der Waals surface area contributed by atoms with Gasteiger partial charge in [-0.1, -0.05) is 12.8 Å². The fourth-order valence-electron chi connectivity index (χ4n) is 2.70. The zero-order valence-electron chi connectivity index (χ0n) is 11.6. The van der Waals surface area contributed by atoms with Crippen LogP contribution in [-0.4, -0.2) is 34.4 Å². The zero-order valence-corrected chi connectivity index (χ0v) is 12.4. The minimum absolute atomic E-state index is 0.428. The first-order chi connectivity index (χ1) is 9.78. The molecule has 3 rings (SSSR count). The van der Waals surface area contributed by atoms with Crippen LogP contribution in [0.25, 0.3) is 11.2 Å². The number of nitrogens with one attached hydrogen (secondary N) is 1. The first-order valence-electron chi connectivity index (χ1n) is 7.03. The largest absolute Gasteiger partial charge is 0.481 e. The Morgan fingerprint density at radius 1 is 1.40 bits per heavy atom. The van der Waals surface area contributed by atoms with Gasteiger partial charge in [-0.2, -0.15) is 4.98 Å². The third kappa shape index (κ3) is 2.71. The standard InChI is InChI=1S/C14H19N3O2S/c1-18-12-7-6-11-13(16-12)17(14(20)15-11)8-9-19-10-4-2-3-5-10/h6-7,10H,2-5,8-9H2,1H3,(H,15,20). The van der Waals surface area contributed by atoms with E-state index in [-0.39, 0.29) is 0 Å². The minimum atomic E-state index is 0.428. The molecule has 2 heterocycles. The zero-order chi connectivity index (χ0) is 13.9. The molecule has 0 bridgehead atoms. The molecular weight excluding hydrogens is 274 g/mol. The van der Waals surface area contributed by atoms with E-state index in [1.54, 1.807) is 7.11 Å². The first kappa shape index (κ1) is 13.6. The average molecular weight is 293 g/mol. The molecule has 20 heavy (non-hydrogen) atoms. The number of aromatic amines is 1. The van der Waals surface area contributed by atoms with Crippen molar-refractivity contribution < 1.29 is 9.47 Å². The van der Waals surface area contributed by atoms with Crippen molar-refractivity contribution in [2.24, 2.45) is 0 Å². The summed E-state index contributed by atoms with van der Waals surface area (Å²) in [7, 11) is 1.61. The van der Waals surface area contributed by atoms with E-state index in [0.717, 1.165) is 17.7 Å². The summed E-state index contributed by atoms with van der Waals surface area (Å²) in [6, 6.07) is 3.76. The van der Waals surface area contributed by atoms with Crippen molar-refractivity contribution in [3.8, 4) is 5.88 Å². The third-order valence-electron chi connectivity index (χ3n) is 3.77. The van der Waals surface area contributed by atoms with Crippen molar-refractivity contribution in [3.63, 3.8) is 0 Å². The van der Waals surface area contributed by atoms with Gasteiger partial charge in [0.1, 0.15) is 0 Å². The fourth-order valence-corrected chi connectivity index (χ4v) is 2.99. The number of nitrogens with zero attached hydrogens (tertiary/aromatic N) is 2. The van der Waals surface area contributed by atoms with Crippen LogP contribution in [0.15, 0.2) is 12.1 Å². The molecule has 0 radical (unpaired) electrons. The number of hydrogen-bond acceptors (Lipinski definition) is 4. The van der Waals surface area contributed by atoms with Gasteiger partial charge in [0.05, 0.1) is 31.9 Å². The van der Waals surface area contributed by atoms with Crippen LogP contribution >= 0.6 is 12.2 Å². The van der Waals surface area contributed by atoms with Gasteiger partial charge in [-0.25, -0.2) is 0 Å². The van der Waals surface area contributed by atoms with E-state index in [0.29, 0.717) is 23.4 Å². The number of fused-ring (bicyclic) bond motifs is 1. The highest BCUT2D eigenvalue weighted by molar-refractivity contribution is 7.71. The van der Waals surface area contributed by atoms with Crippen LogP contribution in [0.2, 0.25) is 0 Å². The van der Waals surface area contributed by atoms with E-state index in [1.165, 1.54) is 25.7 Å². The van der Waals surface area contributed by atoms with Crippen LogP contribution in [0, 0.1) is 4.77 Å². The van der Waals surface area contributed by atoms with Crippen molar-refractivity contribution in [3.05, 3.63) is 16.9 Å². The van der Waals surface area contributed by atoms with Gasteiger partial charge >= 0.3 is 0 Å². The van der Waals surface area contributed by atoms with Gasteiger partial charge < -0.3 is 14.5 Å². The molecule has 0 amide bonds. The smallest absolute Gasteiger partial charge is 0.215 e. The number of hydrogen-bond donors (Lipinski definition) is 1. The second-order valence-electron chi connectivity index (χ2n) is 5.08. The summed E-state index contributed by atoms with van der Waals surface area (Å²) < 4.78 is 13.7. The molecular formula is C14H19N3O2S. The molecule has 0 aliphatic heterocycles. The van der Waals surface area contributed by atoms with Crippen LogP contribution in [0.5, 0.6) is 5.88 Å². The molecule has 1 saturated carbocycles. The Morgan fingerprint density at radius 3 is 2.95 bits per heavy atom. The molecule has 108 valence electrons. The van der Waals surface area contributed by atoms with Crippen molar-refractivity contribution in [2.75, 3.05) is 13.7 Å². The summed E-state index contributed by atoms with van der Waals surface area (Å²) in [5, 5.41) is 0. The lowest BCUT2D eigenvalue weighted by molar-refractivity contribution is 0.0532. The lowest BCUT2D eigenvalue weighted by atomic mass is 10.3. The van der Waals surface area contributed by atoms with Gasteiger partial charge in [0.15, 0.2) is 10.4 Å². The highest BCUT2D eigenvalue weighted by Crippen LogP contribution is 2.21. The maximum atomic E-state index is 5.90. The first-order valence-corrected chi connectivity index (χ1v) is 7.44. The van der Waals surface area contributed by atoms with Crippen molar-refractivity contribution in [1.82, 2.24) is 14.5 Å².